The first kappa shape index (κ1) is 15.9. The molecule has 0 spiro atoms. The van der Waals surface area contributed by atoms with Gasteiger partial charge in [0.25, 0.3) is 5.72 Å². The van der Waals surface area contributed by atoms with Gasteiger partial charge in [-0.3, -0.25) is 0 Å². The summed E-state index contributed by atoms with van der Waals surface area (Å²) in [5, 5.41) is 16.5. The second kappa shape index (κ2) is 5.31. The predicted molar refractivity (Wildman–Crippen MR) is 82.7 cm³/mol. The van der Waals surface area contributed by atoms with Crippen molar-refractivity contribution in [1.29, 1.82) is 0 Å². The first-order valence-electron chi connectivity index (χ1n) is 6.87. The van der Waals surface area contributed by atoms with Crippen LogP contribution < -0.4 is 5.01 Å². The molecular formula is C15H14F3N3OS. The van der Waals surface area contributed by atoms with Crippen LogP contribution in [0, 0.1) is 13.8 Å². The molecule has 1 aromatic heterocycles. The van der Waals surface area contributed by atoms with E-state index in [0.717, 1.165) is 16.9 Å². The van der Waals surface area contributed by atoms with Crippen molar-refractivity contribution in [2.24, 2.45) is 5.10 Å². The molecule has 122 valence electrons. The molecule has 23 heavy (non-hydrogen) atoms. The van der Waals surface area contributed by atoms with Crippen LogP contribution in [0.2, 0.25) is 0 Å². The fourth-order valence-electron chi connectivity index (χ4n) is 2.31. The van der Waals surface area contributed by atoms with Crippen LogP contribution in [0.3, 0.4) is 0 Å². The molecule has 1 aromatic carbocycles. The Morgan fingerprint density at radius 3 is 2.39 bits per heavy atom. The molecule has 0 saturated heterocycles. The van der Waals surface area contributed by atoms with Gasteiger partial charge in [0.15, 0.2) is 0 Å². The average Bonchev–Trinajstić information content (AvgIpc) is 3.03. The summed E-state index contributed by atoms with van der Waals surface area (Å²) in [5.41, 5.74) is -0.789. The molecule has 4 nitrogen and oxygen atoms in total. The molecule has 3 rings (SSSR count). The standard InChI is InChI=1S/C15H14F3N3OS/c1-9-3-5-11(6-4-9)12-7-14(22,15(16,17)18)21(20-12)13-19-10(2)8-23-13/h3-6,8,22H,7H2,1-2H3. The van der Waals surface area contributed by atoms with E-state index in [2.05, 4.69) is 10.1 Å². The molecule has 8 heteroatoms. The van der Waals surface area contributed by atoms with Crippen LogP contribution in [0.15, 0.2) is 34.7 Å². The maximum absolute atomic E-state index is 13.5. The molecule has 0 fully saturated rings. The van der Waals surface area contributed by atoms with Crippen molar-refractivity contribution < 1.29 is 18.3 Å². The van der Waals surface area contributed by atoms with Gasteiger partial charge in [0.1, 0.15) is 0 Å². The SMILES string of the molecule is Cc1ccc(C2=NN(c3nc(C)cs3)C(O)(C(F)(F)F)C2)cc1. The van der Waals surface area contributed by atoms with E-state index in [0.29, 0.717) is 16.3 Å². The van der Waals surface area contributed by atoms with Crippen molar-refractivity contribution in [1.82, 2.24) is 4.98 Å². The Morgan fingerprint density at radius 2 is 1.87 bits per heavy atom. The molecule has 0 aliphatic carbocycles. The van der Waals surface area contributed by atoms with Gasteiger partial charge in [-0.05, 0) is 19.4 Å². The molecule has 1 aliphatic rings. The normalized spacial score (nSPS) is 21.7. The van der Waals surface area contributed by atoms with Crippen LogP contribution in [-0.4, -0.2) is 27.7 Å². The largest absolute Gasteiger partial charge is 0.438 e. The van der Waals surface area contributed by atoms with E-state index in [1.165, 1.54) is 0 Å². The van der Waals surface area contributed by atoms with E-state index in [1.807, 2.05) is 6.92 Å². The van der Waals surface area contributed by atoms with Gasteiger partial charge in [-0.25, -0.2) is 4.98 Å². The van der Waals surface area contributed by atoms with Crippen LogP contribution in [0.4, 0.5) is 18.3 Å². The fourth-order valence-corrected chi connectivity index (χ4v) is 3.13. The number of alkyl halides is 3. The molecule has 1 N–H and O–H groups in total. The Morgan fingerprint density at radius 1 is 1.22 bits per heavy atom. The van der Waals surface area contributed by atoms with Crippen LogP contribution in [0.25, 0.3) is 0 Å². The number of benzene rings is 1. The predicted octanol–water partition coefficient (Wildman–Crippen LogP) is 3.63. The number of thiazole rings is 1. The molecular weight excluding hydrogens is 327 g/mol. The highest BCUT2D eigenvalue weighted by atomic mass is 32.1. The van der Waals surface area contributed by atoms with Gasteiger partial charge in [0.05, 0.1) is 17.8 Å². The van der Waals surface area contributed by atoms with Crippen LogP contribution in [0.1, 0.15) is 23.2 Å². The third kappa shape index (κ3) is 2.72. The second-order valence-electron chi connectivity index (χ2n) is 5.49. The minimum absolute atomic E-state index is 0.0180. The summed E-state index contributed by atoms with van der Waals surface area (Å²) >= 11 is 1.01. The number of aromatic nitrogens is 1. The van der Waals surface area contributed by atoms with Gasteiger partial charge in [-0.2, -0.15) is 23.3 Å². The number of hydrazone groups is 1. The first-order chi connectivity index (χ1) is 10.7. The minimum Gasteiger partial charge on any atom is -0.362 e. The zero-order valence-corrected chi connectivity index (χ0v) is 13.2. The lowest BCUT2D eigenvalue weighted by molar-refractivity contribution is -0.254. The Bertz CT molecular complexity index is 754. The van der Waals surface area contributed by atoms with E-state index >= 15 is 0 Å². The first-order valence-corrected chi connectivity index (χ1v) is 7.75. The topological polar surface area (TPSA) is 48.7 Å². The van der Waals surface area contributed by atoms with Crippen molar-refractivity contribution in [3.63, 3.8) is 0 Å². The smallest absolute Gasteiger partial charge is 0.362 e. The molecule has 0 bridgehead atoms. The lowest BCUT2D eigenvalue weighted by Gasteiger charge is -2.32. The van der Waals surface area contributed by atoms with Crippen molar-refractivity contribution in [2.75, 3.05) is 5.01 Å². The summed E-state index contributed by atoms with van der Waals surface area (Å²) in [5.74, 6) is 0. The van der Waals surface area contributed by atoms with Gasteiger partial charge in [0.2, 0.25) is 5.13 Å². The Labute approximate surface area is 134 Å². The van der Waals surface area contributed by atoms with Crippen molar-refractivity contribution in [3.8, 4) is 0 Å². The van der Waals surface area contributed by atoms with Gasteiger partial charge in [0, 0.05) is 5.38 Å². The highest BCUT2D eigenvalue weighted by Crippen LogP contribution is 2.44. The van der Waals surface area contributed by atoms with Crippen LogP contribution >= 0.6 is 11.3 Å². The van der Waals surface area contributed by atoms with Crippen molar-refractivity contribution >= 4 is 22.2 Å². The molecule has 2 heterocycles. The van der Waals surface area contributed by atoms with E-state index in [1.54, 1.807) is 36.6 Å². The number of halogens is 3. The number of aliphatic hydroxyl groups is 1. The molecule has 1 aliphatic heterocycles. The third-order valence-corrected chi connectivity index (χ3v) is 4.55. The second-order valence-corrected chi connectivity index (χ2v) is 6.32. The summed E-state index contributed by atoms with van der Waals surface area (Å²) < 4.78 is 40.4. The molecule has 0 radical (unpaired) electrons. The maximum Gasteiger partial charge on any atom is 0.438 e. The number of nitrogens with zero attached hydrogens (tertiary/aromatic N) is 3. The third-order valence-electron chi connectivity index (χ3n) is 3.61. The summed E-state index contributed by atoms with van der Waals surface area (Å²) in [6.45, 7) is 3.56. The van der Waals surface area contributed by atoms with Gasteiger partial charge < -0.3 is 5.11 Å². The minimum atomic E-state index is -4.86. The van der Waals surface area contributed by atoms with E-state index in [9.17, 15) is 18.3 Å². The molecule has 2 aromatic rings. The fraction of sp³-hybridized carbons (Fsp3) is 0.333. The summed E-state index contributed by atoms with van der Waals surface area (Å²) in [6.07, 6.45) is -5.50. The highest BCUT2D eigenvalue weighted by molar-refractivity contribution is 7.13. The van der Waals surface area contributed by atoms with Crippen molar-refractivity contribution in [3.05, 3.63) is 46.5 Å². The number of hydrogen-bond acceptors (Lipinski definition) is 5. The monoisotopic (exact) mass is 341 g/mol. The number of hydrogen-bond donors (Lipinski definition) is 1. The number of anilines is 1. The lowest BCUT2D eigenvalue weighted by Crippen LogP contribution is -2.55. The maximum atomic E-state index is 13.5. The Kier molecular flexibility index (Phi) is 3.68. The zero-order valence-electron chi connectivity index (χ0n) is 12.4. The van der Waals surface area contributed by atoms with Crippen LogP contribution in [-0.2, 0) is 0 Å². The average molecular weight is 341 g/mol. The van der Waals surface area contributed by atoms with Crippen molar-refractivity contribution in [2.45, 2.75) is 32.2 Å². The highest BCUT2D eigenvalue weighted by Gasteiger charge is 2.62. The zero-order chi connectivity index (χ0) is 16.8. The van der Waals surface area contributed by atoms with E-state index in [-0.39, 0.29) is 10.8 Å². The summed E-state index contributed by atoms with van der Waals surface area (Å²) in [6, 6.07) is 6.98. The Balaban J connectivity index is 2.06. The quantitative estimate of drug-likeness (QED) is 0.907. The molecule has 0 amide bonds. The Hall–Kier alpha value is -1.93. The van der Waals surface area contributed by atoms with E-state index < -0.39 is 18.3 Å². The van der Waals surface area contributed by atoms with E-state index in [4.69, 9.17) is 0 Å². The number of aryl methyl sites for hydroxylation is 2. The lowest BCUT2D eigenvalue weighted by atomic mass is 10.0. The van der Waals surface area contributed by atoms with Gasteiger partial charge >= 0.3 is 6.18 Å². The summed E-state index contributed by atoms with van der Waals surface area (Å²) in [7, 11) is 0. The molecule has 1 unspecified atom stereocenters. The summed E-state index contributed by atoms with van der Waals surface area (Å²) in [4.78, 5) is 4.02. The van der Waals surface area contributed by atoms with Gasteiger partial charge in [-0.15, -0.1) is 11.3 Å². The van der Waals surface area contributed by atoms with Gasteiger partial charge in [-0.1, -0.05) is 29.8 Å². The van der Waals surface area contributed by atoms with Crippen LogP contribution in [0.5, 0.6) is 0 Å². The molecule has 1 atom stereocenters. The number of rotatable bonds is 2. The molecule has 0 saturated carbocycles.